The summed E-state index contributed by atoms with van der Waals surface area (Å²) in [6.07, 6.45) is 9.41. The largest absolute Gasteiger partial charge is 0.396 e. The highest BCUT2D eigenvalue weighted by molar-refractivity contribution is 6.21. The fourth-order valence-corrected chi connectivity index (χ4v) is 4.07. The summed E-state index contributed by atoms with van der Waals surface area (Å²) in [7, 11) is 0. The molecule has 1 aromatic carbocycles. The summed E-state index contributed by atoms with van der Waals surface area (Å²) in [5.74, 6) is 0.676. The van der Waals surface area contributed by atoms with Crippen LogP contribution in [0.1, 0.15) is 30.9 Å². The maximum atomic E-state index is 11.9. The minimum atomic E-state index is -0.161. The number of aryl methyl sites for hydroxylation is 1. The number of nitrogen functional groups attached to an aromatic ring is 1. The van der Waals surface area contributed by atoms with Gasteiger partial charge in [0.1, 0.15) is 24.6 Å². The number of hydrogen-bond donors (Lipinski definition) is 3. The number of allylic oxidation sites excluding steroid dienone is 3. The quantitative estimate of drug-likeness (QED) is 0.483. The number of nitrogens with one attached hydrogen (secondary N) is 1. The Morgan fingerprint density at radius 1 is 1.27 bits per heavy atom. The zero-order chi connectivity index (χ0) is 23.4. The molecule has 4 rings (SSSR count). The lowest BCUT2D eigenvalue weighted by atomic mass is 9.98. The van der Waals surface area contributed by atoms with Gasteiger partial charge in [0.2, 0.25) is 11.6 Å². The lowest BCUT2D eigenvalue weighted by Crippen LogP contribution is -2.33. The summed E-state index contributed by atoms with van der Waals surface area (Å²) in [6, 6.07) is 8.25. The summed E-state index contributed by atoms with van der Waals surface area (Å²) in [4.78, 5) is 16.6. The Morgan fingerprint density at radius 3 is 2.67 bits per heavy atom. The summed E-state index contributed by atoms with van der Waals surface area (Å²) in [5.41, 5.74) is 11.5. The maximum absolute atomic E-state index is 11.9. The summed E-state index contributed by atoms with van der Waals surface area (Å²) < 4.78 is 4.00. The second-order valence-corrected chi connectivity index (χ2v) is 8.67. The first-order chi connectivity index (χ1) is 15.9. The predicted molar refractivity (Wildman–Crippen MR) is 130 cm³/mol. The van der Waals surface area contributed by atoms with Gasteiger partial charge in [0.15, 0.2) is 0 Å². The molecule has 8 heteroatoms. The SMILES string of the molecule is CC(=O)NC1=CC(=[N+]2CCC(CO)CC2)C=C/C1=N/c1cnn(Cc2ccc(C)cc2)c1N. The van der Waals surface area contributed by atoms with Crippen LogP contribution in [0, 0.1) is 12.8 Å². The number of aromatic nitrogens is 2. The van der Waals surface area contributed by atoms with Crippen LogP contribution in [0.5, 0.6) is 0 Å². The second kappa shape index (κ2) is 9.95. The third-order valence-electron chi connectivity index (χ3n) is 6.08. The van der Waals surface area contributed by atoms with E-state index in [0.717, 1.165) is 37.2 Å². The molecule has 8 nitrogen and oxygen atoms in total. The van der Waals surface area contributed by atoms with Crippen molar-refractivity contribution in [1.29, 1.82) is 0 Å². The molecule has 1 aromatic heterocycles. The number of aliphatic hydroxyl groups is 1. The molecule has 0 atom stereocenters. The van der Waals surface area contributed by atoms with Crippen LogP contribution in [0.2, 0.25) is 0 Å². The van der Waals surface area contributed by atoms with Crippen molar-refractivity contribution in [2.24, 2.45) is 10.9 Å². The van der Waals surface area contributed by atoms with E-state index in [9.17, 15) is 9.90 Å². The fraction of sp³-hybridized carbons (Fsp3) is 0.360. The number of nitrogens with two attached hydrogens (primary N) is 1. The average molecular weight is 448 g/mol. The van der Waals surface area contributed by atoms with E-state index in [4.69, 9.17) is 10.7 Å². The van der Waals surface area contributed by atoms with Crippen molar-refractivity contribution in [3.63, 3.8) is 0 Å². The molecule has 1 saturated heterocycles. The van der Waals surface area contributed by atoms with E-state index in [2.05, 4.69) is 46.2 Å². The molecule has 0 spiro atoms. The van der Waals surface area contributed by atoms with Crippen LogP contribution >= 0.6 is 0 Å². The maximum Gasteiger partial charge on any atom is 0.221 e. The number of benzene rings is 1. The number of aliphatic hydroxyl groups excluding tert-OH is 1. The van der Waals surface area contributed by atoms with Crippen molar-refractivity contribution in [2.75, 3.05) is 25.4 Å². The van der Waals surface area contributed by atoms with Crippen LogP contribution in [-0.2, 0) is 11.3 Å². The molecule has 33 heavy (non-hydrogen) atoms. The van der Waals surface area contributed by atoms with Crippen LogP contribution in [-0.4, -0.2) is 56.5 Å². The predicted octanol–water partition coefficient (Wildman–Crippen LogP) is 2.34. The summed E-state index contributed by atoms with van der Waals surface area (Å²) >= 11 is 0. The molecule has 2 aliphatic rings. The smallest absolute Gasteiger partial charge is 0.221 e. The Bertz CT molecular complexity index is 1140. The van der Waals surface area contributed by atoms with Gasteiger partial charge >= 0.3 is 0 Å². The molecule has 1 aliphatic heterocycles. The highest BCUT2D eigenvalue weighted by Crippen LogP contribution is 2.24. The first-order valence-corrected chi connectivity index (χ1v) is 11.3. The zero-order valence-electron chi connectivity index (χ0n) is 19.2. The topological polar surface area (TPSA) is 109 Å². The van der Waals surface area contributed by atoms with Gasteiger partial charge in [-0.15, -0.1) is 0 Å². The van der Waals surface area contributed by atoms with Gasteiger partial charge in [-0.2, -0.15) is 5.10 Å². The number of nitrogens with zero attached hydrogens (tertiary/aromatic N) is 4. The number of piperidine rings is 1. The second-order valence-electron chi connectivity index (χ2n) is 8.67. The van der Waals surface area contributed by atoms with Gasteiger partial charge in [-0.25, -0.2) is 14.2 Å². The number of anilines is 1. The summed E-state index contributed by atoms with van der Waals surface area (Å²) in [6.45, 7) is 6.08. The number of carbonyl (C=O) groups excluding carboxylic acids is 1. The zero-order valence-corrected chi connectivity index (χ0v) is 19.2. The minimum Gasteiger partial charge on any atom is -0.396 e. The Morgan fingerprint density at radius 2 is 2.00 bits per heavy atom. The normalized spacial score (nSPS) is 19.7. The number of hydrogen-bond acceptors (Lipinski definition) is 5. The lowest BCUT2D eigenvalue weighted by Gasteiger charge is -2.20. The summed E-state index contributed by atoms with van der Waals surface area (Å²) in [5, 5.41) is 16.7. The van der Waals surface area contributed by atoms with Gasteiger partial charge in [0.05, 0.1) is 24.2 Å². The lowest BCUT2D eigenvalue weighted by molar-refractivity contribution is -0.539. The molecule has 0 saturated carbocycles. The van der Waals surface area contributed by atoms with Gasteiger partial charge in [-0.05, 0) is 24.5 Å². The molecule has 0 bridgehead atoms. The van der Waals surface area contributed by atoms with E-state index in [1.165, 1.54) is 12.5 Å². The molecule has 4 N–H and O–H groups in total. The van der Waals surface area contributed by atoms with Gasteiger partial charge in [0, 0.05) is 38.5 Å². The Kier molecular flexibility index (Phi) is 6.84. The van der Waals surface area contributed by atoms with E-state index in [1.54, 1.807) is 10.9 Å². The van der Waals surface area contributed by atoms with E-state index in [0.29, 0.717) is 35.4 Å². The van der Waals surface area contributed by atoms with Crippen molar-refractivity contribution in [3.8, 4) is 0 Å². The fourth-order valence-electron chi connectivity index (χ4n) is 4.07. The standard InChI is InChI=1S/C25H30N6O2/c1-17-3-5-19(6-4-17)15-31-25(26)24(14-27-31)29-22-8-7-21(13-23(22)28-18(2)33)30-11-9-20(16-32)10-12-30/h3-8,13-14,20,32H,9-12,15-16H2,1-2H3,(H2,26,27,28,33)/p+1. The molecule has 2 heterocycles. The van der Waals surface area contributed by atoms with Crippen molar-refractivity contribution in [2.45, 2.75) is 33.2 Å². The number of aliphatic imine (C=N–C) groups is 1. The van der Waals surface area contributed by atoms with Crippen molar-refractivity contribution in [1.82, 2.24) is 15.1 Å². The van der Waals surface area contributed by atoms with Crippen molar-refractivity contribution >= 4 is 28.8 Å². The highest BCUT2D eigenvalue weighted by atomic mass is 16.3. The third-order valence-corrected chi connectivity index (χ3v) is 6.08. The molecular formula is C25H31N6O2+. The van der Waals surface area contributed by atoms with Crippen LogP contribution in [0.15, 0.2) is 59.4 Å². The van der Waals surface area contributed by atoms with Crippen LogP contribution in [0.3, 0.4) is 0 Å². The van der Waals surface area contributed by atoms with Crippen molar-refractivity contribution < 1.29 is 14.5 Å². The minimum absolute atomic E-state index is 0.161. The first-order valence-electron chi connectivity index (χ1n) is 11.3. The van der Waals surface area contributed by atoms with Gasteiger partial charge in [-0.1, -0.05) is 29.8 Å². The molecular weight excluding hydrogens is 416 g/mol. The van der Waals surface area contributed by atoms with E-state index in [-0.39, 0.29) is 12.5 Å². The third kappa shape index (κ3) is 5.46. The van der Waals surface area contributed by atoms with Crippen LogP contribution in [0.4, 0.5) is 11.5 Å². The molecule has 1 amide bonds. The van der Waals surface area contributed by atoms with Crippen LogP contribution < -0.4 is 11.1 Å². The molecule has 0 unspecified atom stereocenters. The molecule has 2 aromatic rings. The number of amides is 1. The van der Waals surface area contributed by atoms with Gasteiger partial charge < -0.3 is 16.2 Å². The van der Waals surface area contributed by atoms with Gasteiger partial charge in [-0.3, -0.25) is 4.79 Å². The Hall–Kier alpha value is -3.52. The molecule has 1 fully saturated rings. The van der Waals surface area contributed by atoms with Gasteiger partial charge in [0.25, 0.3) is 0 Å². The van der Waals surface area contributed by atoms with Crippen LogP contribution in [0.25, 0.3) is 0 Å². The molecule has 1 aliphatic carbocycles. The number of carbonyl (C=O) groups is 1. The number of rotatable bonds is 5. The average Bonchev–Trinajstić information content (AvgIpc) is 3.15. The molecule has 172 valence electrons. The van der Waals surface area contributed by atoms with E-state index < -0.39 is 0 Å². The molecule has 0 radical (unpaired) electrons. The van der Waals surface area contributed by atoms with E-state index >= 15 is 0 Å². The Balaban J connectivity index is 1.58. The Labute approximate surface area is 193 Å². The van der Waals surface area contributed by atoms with E-state index in [1.807, 2.05) is 18.2 Å². The highest BCUT2D eigenvalue weighted by Gasteiger charge is 2.25. The first kappa shape index (κ1) is 22.7. The monoisotopic (exact) mass is 447 g/mol. The van der Waals surface area contributed by atoms with Crippen molar-refractivity contribution in [3.05, 3.63) is 65.5 Å².